The molecule has 1 aromatic rings. The SMILES string of the molecule is CN1CCC(C)(CNCc2cncs2)CC1. The lowest BCUT2D eigenvalue weighted by molar-refractivity contribution is 0.137. The van der Waals surface area contributed by atoms with Crippen molar-refractivity contribution < 1.29 is 0 Å². The average molecular weight is 239 g/mol. The summed E-state index contributed by atoms with van der Waals surface area (Å²) in [4.78, 5) is 7.84. The van der Waals surface area contributed by atoms with Crippen LogP contribution in [0.5, 0.6) is 0 Å². The third-order valence-electron chi connectivity index (χ3n) is 3.53. The van der Waals surface area contributed by atoms with Gasteiger partial charge in [-0.25, -0.2) is 0 Å². The van der Waals surface area contributed by atoms with Crippen molar-refractivity contribution in [3.63, 3.8) is 0 Å². The minimum atomic E-state index is 0.483. The summed E-state index contributed by atoms with van der Waals surface area (Å²) in [6.45, 7) is 6.96. The smallest absolute Gasteiger partial charge is 0.0794 e. The maximum atomic E-state index is 4.09. The van der Waals surface area contributed by atoms with Crippen LogP contribution in [0.4, 0.5) is 0 Å². The van der Waals surface area contributed by atoms with E-state index >= 15 is 0 Å². The zero-order chi connectivity index (χ0) is 11.4. The first kappa shape index (κ1) is 12.0. The lowest BCUT2D eigenvalue weighted by atomic mass is 9.80. The Hall–Kier alpha value is -0.450. The molecule has 1 N–H and O–H groups in total. The van der Waals surface area contributed by atoms with E-state index in [1.54, 1.807) is 11.3 Å². The lowest BCUT2D eigenvalue weighted by Crippen LogP contribution is -2.41. The lowest BCUT2D eigenvalue weighted by Gasteiger charge is -2.38. The molecule has 0 amide bonds. The van der Waals surface area contributed by atoms with E-state index in [1.165, 1.54) is 30.8 Å². The molecule has 1 fully saturated rings. The third-order valence-corrected chi connectivity index (χ3v) is 4.31. The first-order chi connectivity index (χ1) is 7.68. The van der Waals surface area contributed by atoms with Crippen LogP contribution in [0.25, 0.3) is 0 Å². The van der Waals surface area contributed by atoms with E-state index in [0.717, 1.165) is 13.1 Å². The Balaban J connectivity index is 1.73. The number of hydrogen-bond acceptors (Lipinski definition) is 4. The van der Waals surface area contributed by atoms with Gasteiger partial charge in [-0.1, -0.05) is 6.92 Å². The van der Waals surface area contributed by atoms with Gasteiger partial charge in [0, 0.05) is 24.2 Å². The first-order valence-electron chi connectivity index (χ1n) is 5.95. The van der Waals surface area contributed by atoms with Crippen molar-refractivity contribution in [2.24, 2.45) is 5.41 Å². The minimum Gasteiger partial charge on any atom is -0.311 e. The minimum absolute atomic E-state index is 0.483. The standard InChI is InChI=1S/C12H21N3S/c1-12(3-5-15(2)6-4-12)9-13-7-11-8-14-10-16-11/h8,10,13H,3-7,9H2,1-2H3. The summed E-state index contributed by atoms with van der Waals surface area (Å²) in [7, 11) is 2.21. The highest BCUT2D eigenvalue weighted by molar-refractivity contribution is 7.09. The van der Waals surface area contributed by atoms with E-state index in [0.29, 0.717) is 5.41 Å². The topological polar surface area (TPSA) is 28.2 Å². The van der Waals surface area contributed by atoms with E-state index in [-0.39, 0.29) is 0 Å². The van der Waals surface area contributed by atoms with Gasteiger partial charge in [-0.15, -0.1) is 11.3 Å². The zero-order valence-electron chi connectivity index (χ0n) is 10.2. The van der Waals surface area contributed by atoms with Gasteiger partial charge in [-0.3, -0.25) is 4.98 Å². The summed E-state index contributed by atoms with van der Waals surface area (Å²) in [6.07, 6.45) is 4.56. The molecule has 0 unspecified atom stereocenters. The fourth-order valence-electron chi connectivity index (χ4n) is 2.15. The number of rotatable bonds is 4. The van der Waals surface area contributed by atoms with Crippen LogP contribution in [0.3, 0.4) is 0 Å². The van der Waals surface area contributed by atoms with Crippen LogP contribution in [0.1, 0.15) is 24.6 Å². The van der Waals surface area contributed by atoms with E-state index in [9.17, 15) is 0 Å². The highest BCUT2D eigenvalue weighted by Gasteiger charge is 2.28. The van der Waals surface area contributed by atoms with Crippen LogP contribution in [0.2, 0.25) is 0 Å². The van der Waals surface area contributed by atoms with Gasteiger partial charge in [-0.05, 0) is 38.4 Å². The van der Waals surface area contributed by atoms with Gasteiger partial charge in [0.1, 0.15) is 0 Å². The monoisotopic (exact) mass is 239 g/mol. The summed E-state index contributed by atoms with van der Waals surface area (Å²) in [5.74, 6) is 0. The number of aromatic nitrogens is 1. The molecule has 4 heteroatoms. The summed E-state index contributed by atoms with van der Waals surface area (Å²) in [5, 5.41) is 3.56. The summed E-state index contributed by atoms with van der Waals surface area (Å²) in [5.41, 5.74) is 2.38. The van der Waals surface area contributed by atoms with Gasteiger partial charge in [0.2, 0.25) is 0 Å². The molecule has 0 aromatic carbocycles. The molecule has 2 heterocycles. The Morgan fingerprint density at radius 3 is 2.88 bits per heavy atom. The quantitative estimate of drug-likeness (QED) is 0.870. The van der Waals surface area contributed by atoms with Gasteiger partial charge >= 0.3 is 0 Å². The Morgan fingerprint density at radius 1 is 1.50 bits per heavy atom. The second-order valence-corrected chi connectivity index (χ2v) is 6.16. The number of hydrogen-bond donors (Lipinski definition) is 1. The molecular formula is C12H21N3S. The molecule has 1 aliphatic heterocycles. The van der Waals surface area contributed by atoms with Crippen molar-refractivity contribution in [2.75, 3.05) is 26.7 Å². The van der Waals surface area contributed by atoms with Crippen LogP contribution in [0.15, 0.2) is 11.7 Å². The fourth-order valence-corrected chi connectivity index (χ4v) is 2.72. The van der Waals surface area contributed by atoms with E-state index < -0.39 is 0 Å². The predicted octanol–water partition coefficient (Wildman–Crippen LogP) is 1.96. The summed E-state index contributed by atoms with van der Waals surface area (Å²) in [6, 6.07) is 0. The number of piperidine rings is 1. The molecule has 16 heavy (non-hydrogen) atoms. The maximum Gasteiger partial charge on any atom is 0.0794 e. The molecule has 0 aliphatic carbocycles. The van der Waals surface area contributed by atoms with E-state index in [2.05, 4.69) is 29.2 Å². The number of nitrogens with one attached hydrogen (secondary N) is 1. The Bertz CT molecular complexity index is 302. The van der Waals surface area contributed by atoms with Gasteiger partial charge < -0.3 is 10.2 Å². The molecule has 1 aliphatic rings. The number of thiazole rings is 1. The molecule has 0 saturated carbocycles. The second-order valence-electron chi connectivity index (χ2n) is 5.19. The van der Waals surface area contributed by atoms with Crippen LogP contribution in [-0.4, -0.2) is 36.6 Å². The Kier molecular flexibility index (Phi) is 3.95. The molecule has 0 atom stereocenters. The molecule has 0 radical (unpaired) electrons. The van der Waals surface area contributed by atoms with Crippen LogP contribution in [-0.2, 0) is 6.54 Å². The second kappa shape index (κ2) is 5.25. The van der Waals surface area contributed by atoms with E-state index in [1.807, 2.05) is 11.7 Å². The molecule has 0 bridgehead atoms. The molecule has 90 valence electrons. The highest BCUT2D eigenvalue weighted by Crippen LogP contribution is 2.29. The molecule has 1 saturated heterocycles. The van der Waals surface area contributed by atoms with Gasteiger partial charge in [0.15, 0.2) is 0 Å². The zero-order valence-corrected chi connectivity index (χ0v) is 11.0. The number of nitrogens with zero attached hydrogens (tertiary/aromatic N) is 2. The Morgan fingerprint density at radius 2 is 2.25 bits per heavy atom. The molecule has 2 rings (SSSR count). The van der Waals surface area contributed by atoms with Crippen LogP contribution < -0.4 is 5.32 Å². The fraction of sp³-hybridized carbons (Fsp3) is 0.750. The summed E-state index contributed by atoms with van der Waals surface area (Å²) >= 11 is 1.73. The molecule has 0 spiro atoms. The van der Waals surface area contributed by atoms with Crippen molar-refractivity contribution >= 4 is 11.3 Å². The summed E-state index contributed by atoms with van der Waals surface area (Å²) < 4.78 is 0. The maximum absolute atomic E-state index is 4.09. The van der Waals surface area contributed by atoms with Crippen LogP contribution in [0, 0.1) is 5.41 Å². The predicted molar refractivity (Wildman–Crippen MR) is 68.7 cm³/mol. The molecule has 3 nitrogen and oxygen atoms in total. The third kappa shape index (κ3) is 3.27. The van der Waals surface area contributed by atoms with Crippen molar-refractivity contribution in [1.82, 2.24) is 15.2 Å². The van der Waals surface area contributed by atoms with Gasteiger partial charge in [0.25, 0.3) is 0 Å². The molecular weight excluding hydrogens is 218 g/mol. The van der Waals surface area contributed by atoms with Crippen LogP contribution >= 0.6 is 11.3 Å². The van der Waals surface area contributed by atoms with Gasteiger partial charge in [0.05, 0.1) is 5.51 Å². The normalized spacial score (nSPS) is 21.1. The Labute approximate surface area is 102 Å². The largest absolute Gasteiger partial charge is 0.311 e. The number of likely N-dealkylation sites (tertiary alicyclic amines) is 1. The van der Waals surface area contributed by atoms with Crippen molar-refractivity contribution in [3.8, 4) is 0 Å². The van der Waals surface area contributed by atoms with Gasteiger partial charge in [-0.2, -0.15) is 0 Å². The highest BCUT2D eigenvalue weighted by atomic mass is 32.1. The molecule has 1 aromatic heterocycles. The van der Waals surface area contributed by atoms with Crippen molar-refractivity contribution in [1.29, 1.82) is 0 Å². The first-order valence-corrected chi connectivity index (χ1v) is 6.83. The van der Waals surface area contributed by atoms with E-state index in [4.69, 9.17) is 0 Å². The van der Waals surface area contributed by atoms with Crippen molar-refractivity contribution in [2.45, 2.75) is 26.3 Å². The average Bonchev–Trinajstić information content (AvgIpc) is 2.76. The van der Waals surface area contributed by atoms with Crippen molar-refractivity contribution in [3.05, 3.63) is 16.6 Å².